The van der Waals surface area contributed by atoms with Crippen molar-refractivity contribution in [3.05, 3.63) is 76.3 Å². The Morgan fingerprint density at radius 1 is 1.07 bits per heavy atom. The Bertz CT molecular complexity index is 1220. The predicted octanol–water partition coefficient (Wildman–Crippen LogP) is 4.75. The fraction of sp³-hybridized carbons (Fsp3) is 0.250. The van der Waals surface area contributed by atoms with Gasteiger partial charge in [-0.15, -0.1) is 0 Å². The van der Waals surface area contributed by atoms with E-state index in [2.05, 4.69) is 12.2 Å². The van der Waals surface area contributed by atoms with Crippen molar-refractivity contribution in [2.45, 2.75) is 32.7 Å². The number of carbonyl (C=O) groups is 1. The van der Waals surface area contributed by atoms with Crippen LogP contribution in [0.3, 0.4) is 0 Å². The van der Waals surface area contributed by atoms with Crippen molar-refractivity contribution in [2.24, 2.45) is 0 Å². The van der Waals surface area contributed by atoms with Crippen molar-refractivity contribution in [2.75, 3.05) is 6.61 Å². The average molecular weight is 405 g/mol. The Labute approximate surface area is 173 Å². The quantitative estimate of drug-likeness (QED) is 0.449. The van der Waals surface area contributed by atoms with E-state index in [1.54, 1.807) is 12.1 Å². The second-order valence-corrected chi connectivity index (χ2v) is 7.26. The fourth-order valence-corrected chi connectivity index (χ4v) is 3.50. The van der Waals surface area contributed by atoms with E-state index in [-0.39, 0.29) is 24.2 Å². The van der Waals surface area contributed by atoms with Gasteiger partial charge in [0.2, 0.25) is 0 Å². The summed E-state index contributed by atoms with van der Waals surface area (Å²) in [6.07, 6.45) is 1.73. The molecule has 2 heterocycles. The van der Waals surface area contributed by atoms with Gasteiger partial charge in [-0.05, 0) is 43.2 Å². The highest BCUT2D eigenvalue weighted by atomic mass is 16.5. The zero-order valence-corrected chi connectivity index (χ0v) is 16.9. The summed E-state index contributed by atoms with van der Waals surface area (Å²) in [5.41, 5.74) is 1.80. The van der Waals surface area contributed by atoms with Gasteiger partial charge in [0.1, 0.15) is 22.7 Å². The maximum absolute atomic E-state index is 12.3. The van der Waals surface area contributed by atoms with Crippen LogP contribution in [0.1, 0.15) is 37.6 Å². The molecule has 1 N–H and O–H groups in total. The standard InChI is InChI=1S/C24H23NO5/c1-3-6-16-12-24(27)30-22-13-18(9-10-19(16)22)28-14-23(26)25-15(2)21-11-17-7-4-5-8-20(17)29-21/h4-5,7-13,15H,3,6,14H2,1-2H3,(H,25,26)/t15-/m0/s1. The number of para-hydroxylation sites is 1. The van der Waals surface area contributed by atoms with Crippen LogP contribution in [0.5, 0.6) is 5.75 Å². The van der Waals surface area contributed by atoms with E-state index in [0.29, 0.717) is 17.1 Å². The van der Waals surface area contributed by atoms with Gasteiger partial charge in [-0.1, -0.05) is 31.5 Å². The normalized spacial score (nSPS) is 12.2. The molecule has 6 heteroatoms. The number of hydrogen-bond acceptors (Lipinski definition) is 5. The highest BCUT2D eigenvalue weighted by Gasteiger charge is 2.15. The van der Waals surface area contributed by atoms with Gasteiger partial charge >= 0.3 is 5.63 Å². The van der Waals surface area contributed by atoms with E-state index in [9.17, 15) is 9.59 Å². The third-order valence-electron chi connectivity index (χ3n) is 4.94. The minimum atomic E-state index is -0.388. The van der Waals surface area contributed by atoms with Crippen molar-refractivity contribution in [3.8, 4) is 5.75 Å². The van der Waals surface area contributed by atoms with Gasteiger partial charge < -0.3 is 18.9 Å². The van der Waals surface area contributed by atoms with Gasteiger partial charge in [-0.2, -0.15) is 0 Å². The molecule has 2 aromatic heterocycles. The van der Waals surface area contributed by atoms with Gasteiger partial charge in [0, 0.05) is 22.9 Å². The molecule has 1 atom stereocenters. The summed E-state index contributed by atoms with van der Waals surface area (Å²) in [6, 6.07) is 16.1. The average Bonchev–Trinajstić information content (AvgIpc) is 3.16. The molecule has 0 saturated carbocycles. The van der Waals surface area contributed by atoms with Crippen LogP contribution in [0.2, 0.25) is 0 Å². The number of furan rings is 1. The summed E-state index contributed by atoms with van der Waals surface area (Å²) >= 11 is 0. The number of aryl methyl sites for hydroxylation is 1. The van der Waals surface area contributed by atoms with Gasteiger partial charge in [0.05, 0.1) is 6.04 Å². The van der Waals surface area contributed by atoms with Crippen molar-refractivity contribution < 1.29 is 18.4 Å². The van der Waals surface area contributed by atoms with Crippen LogP contribution in [0, 0.1) is 0 Å². The lowest BCUT2D eigenvalue weighted by Gasteiger charge is -2.12. The lowest BCUT2D eigenvalue weighted by molar-refractivity contribution is -0.123. The molecule has 0 bridgehead atoms. The lowest BCUT2D eigenvalue weighted by Crippen LogP contribution is -2.31. The molecule has 1 amide bonds. The number of carbonyl (C=O) groups excluding carboxylic acids is 1. The number of rotatable bonds is 7. The molecule has 0 spiro atoms. The SMILES string of the molecule is CCCc1cc(=O)oc2cc(OCC(=O)N[C@@H](C)c3cc4ccccc4o3)ccc12. The third kappa shape index (κ3) is 4.22. The first-order valence-corrected chi connectivity index (χ1v) is 10.0. The molecule has 0 unspecified atom stereocenters. The minimum absolute atomic E-state index is 0.158. The Kier molecular flexibility index (Phi) is 5.57. The maximum atomic E-state index is 12.3. The highest BCUT2D eigenvalue weighted by molar-refractivity contribution is 5.82. The molecule has 4 aromatic rings. The molecule has 4 rings (SSSR count). The van der Waals surface area contributed by atoms with E-state index in [4.69, 9.17) is 13.6 Å². The number of fused-ring (bicyclic) bond motifs is 2. The predicted molar refractivity (Wildman–Crippen MR) is 115 cm³/mol. The zero-order valence-electron chi connectivity index (χ0n) is 16.9. The van der Waals surface area contributed by atoms with Gasteiger partial charge in [-0.25, -0.2) is 4.79 Å². The van der Waals surface area contributed by atoms with E-state index in [0.717, 1.165) is 34.8 Å². The smallest absolute Gasteiger partial charge is 0.336 e. The molecule has 2 aromatic carbocycles. The van der Waals surface area contributed by atoms with Crippen molar-refractivity contribution in [1.29, 1.82) is 0 Å². The zero-order chi connectivity index (χ0) is 21.1. The number of hydrogen-bond donors (Lipinski definition) is 1. The Hall–Kier alpha value is -3.54. The highest BCUT2D eigenvalue weighted by Crippen LogP contribution is 2.25. The molecule has 154 valence electrons. The van der Waals surface area contributed by atoms with E-state index in [1.807, 2.05) is 43.3 Å². The van der Waals surface area contributed by atoms with Crippen LogP contribution < -0.4 is 15.7 Å². The van der Waals surface area contributed by atoms with Crippen molar-refractivity contribution in [3.63, 3.8) is 0 Å². The summed E-state index contributed by atoms with van der Waals surface area (Å²) in [6.45, 7) is 3.76. The molecule has 0 aliphatic rings. The Morgan fingerprint density at radius 2 is 1.90 bits per heavy atom. The van der Waals surface area contributed by atoms with Gasteiger partial charge in [0.15, 0.2) is 6.61 Å². The molecule has 30 heavy (non-hydrogen) atoms. The summed E-state index contributed by atoms with van der Waals surface area (Å²) in [4.78, 5) is 24.1. The van der Waals surface area contributed by atoms with Crippen LogP contribution in [0.15, 0.2) is 68.2 Å². The molecular weight excluding hydrogens is 382 g/mol. The van der Waals surface area contributed by atoms with Gasteiger partial charge in [-0.3, -0.25) is 4.79 Å². The van der Waals surface area contributed by atoms with Gasteiger partial charge in [0.25, 0.3) is 5.91 Å². The van der Waals surface area contributed by atoms with E-state index < -0.39 is 0 Å². The number of benzene rings is 2. The van der Waals surface area contributed by atoms with Crippen molar-refractivity contribution in [1.82, 2.24) is 5.32 Å². The van der Waals surface area contributed by atoms with Crippen LogP contribution in [0.25, 0.3) is 21.9 Å². The second kappa shape index (κ2) is 8.45. The molecule has 6 nitrogen and oxygen atoms in total. The number of nitrogens with one attached hydrogen (secondary N) is 1. The topological polar surface area (TPSA) is 81.7 Å². The van der Waals surface area contributed by atoms with Crippen LogP contribution in [-0.4, -0.2) is 12.5 Å². The monoisotopic (exact) mass is 405 g/mol. The first-order chi connectivity index (χ1) is 14.5. The fourth-order valence-electron chi connectivity index (χ4n) is 3.50. The lowest BCUT2D eigenvalue weighted by atomic mass is 10.1. The Morgan fingerprint density at radius 3 is 2.70 bits per heavy atom. The summed E-state index contributed by atoms with van der Waals surface area (Å²) in [5.74, 6) is 0.871. The second-order valence-electron chi connectivity index (χ2n) is 7.26. The van der Waals surface area contributed by atoms with Crippen LogP contribution >= 0.6 is 0 Å². The summed E-state index contributed by atoms with van der Waals surface area (Å²) in [5, 5.41) is 4.74. The minimum Gasteiger partial charge on any atom is -0.484 e. The van der Waals surface area contributed by atoms with Crippen LogP contribution in [-0.2, 0) is 11.2 Å². The number of ether oxygens (including phenoxy) is 1. The summed E-state index contributed by atoms with van der Waals surface area (Å²) in [7, 11) is 0. The first-order valence-electron chi connectivity index (χ1n) is 10.0. The van der Waals surface area contributed by atoms with Crippen molar-refractivity contribution >= 4 is 27.8 Å². The van der Waals surface area contributed by atoms with E-state index in [1.165, 1.54) is 6.07 Å². The molecule has 0 fully saturated rings. The number of amides is 1. The van der Waals surface area contributed by atoms with E-state index >= 15 is 0 Å². The maximum Gasteiger partial charge on any atom is 0.336 e. The molecular formula is C24H23NO5. The largest absolute Gasteiger partial charge is 0.484 e. The van der Waals surface area contributed by atoms with Crippen LogP contribution in [0.4, 0.5) is 0 Å². The Balaban J connectivity index is 1.41. The first kappa shape index (κ1) is 19.8. The molecule has 0 aliphatic heterocycles. The molecule has 0 radical (unpaired) electrons. The molecule has 0 aliphatic carbocycles. The third-order valence-corrected chi connectivity index (χ3v) is 4.94. The summed E-state index contributed by atoms with van der Waals surface area (Å²) < 4.78 is 16.7. The molecule has 0 saturated heterocycles.